The molecule has 1 saturated carbocycles. The normalized spacial score (nSPS) is 17.1. The van der Waals surface area contributed by atoms with E-state index in [9.17, 15) is 0 Å². The van der Waals surface area contributed by atoms with E-state index in [0.717, 1.165) is 17.8 Å². The number of hydrogen-bond donors (Lipinski definition) is 1. The van der Waals surface area contributed by atoms with Crippen LogP contribution in [0.15, 0.2) is 6.20 Å². The van der Waals surface area contributed by atoms with Gasteiger partial charge in [0, 0.05) is 17.7 Å². The zero-order chi connectivity index (χ0) is 12.1. The van der Waals surface area contributed by atoms with Crippen LogP contribution < -0.4 is 10.5 Å². The van der Waals surface area contributed by atoms with Gasteiger partial charge in [0.25, 0.3) is 0 Å². The van der Waals surface area contributed by atoms with Gasteiger partial charge in [-0.05, 0) is 25.8 Å². The number of rotatable bonds is 4. The maximum absolute atomic E-state index is 5.55. The van der Waals surface area contributed by atoms with Crippen molar-refractivity contribution in [2.45, 2.75) is 44.4 Å². The number of methoxy groups -OCH3 is 1. The first-order valence-electron chi connectivity index (χ1n) is 6.45. The van der Waals surface area contributed by atoms with Crippen LogP contribution in [0.3, 0.4) is 0 Å². The smallest absolute Gasteiger partial charge is 0.219 e. The van der Waals surface area contributed by atoms with Crippen molar-refractivity contribution >= 4 is 0 Å². The molecule has 0 amide bonds. The van der Waals surface area contributed by atoms with Crippen LogP contribution in [0.5, 0.6) is 5.88 Å². The van der Waals surface area contributed by atoms with Gasteiger partial charge in [0.1, 0.15) is 5.82 Å². The summed E-state index contributed by atoms with van der Waals surface area (Å²) in [6, 6.07) is 0. The van der Waals surface area contributed by atoms with Crippen molar-refractivity contribution in [3.05, 3.63) is 17.6 Å². The monoisotopic (exact) mass is 235 g/mol. The van der Waals surface area contributed by atoms with Crippen LogP contribution in [0.4, 0.5) is 0 Å². The molecule has 1 aliphatic rings. The molecule has 0 spiro atoms. The minimum atomic E-state index is 0.518. The fourth-order valence-corrected chi connectivity index (χ4v) is 2.47. The number of aromatic nitrogens is 2. The molecule has 0 radical (unpaired) electrons. The van der Waals surface area contributed by atoms with Crippen LogP contribution in [0, 0.1) is 0 Å². The summed E-state index contributed by atoms with van der Waals surface area (Å²) in [4.78, 5) is 9.03. The second-order valence-corrected chi connectivity index (χ2v) is 4.64. The Morgan fingerprint density at radius 1 is 1.35 bits per heavy atom. The molecule has 0 atom stereocenters. The van der Waals surface area contributed by atoms with Crippen LogP contribution >= 0.6 is 0 Å². The molecule has 17 heavy (non-hydrogen) atoms. The lowest BCUT2D eigenvalue weighted by Gasteiger charge is -2.20. The van der Waals surface area contributed by atoms with Gasteiger partial charge in [-0.25, -0.2) is 4.98 Å². The molecule has 1 heterocycles. The standard InChI is InChI=1S/C13H21N3O/c1-17-13-11(7-8-14)9-15-12(16-13)10-5-3-2-4-6-10/h9-10H,2-8,14H2,1H3. The molecule has 1 aromatic rings. The molecule has 4 nitrogen and oxygen atoms in total. The molecule has 0 aliphatic heterocycles. The third-order valence-corrected chi connectivity index (χ3v) is 3.42. The van der Waals surface area contributed by atoms with E-state index >= 15 is 0 Å². The SMILES string of the molecule is COc1nc(C2CCCCC2)ncc1CCN. The van der Waals surface area contributed by atoms with E-state index in [1.54, 1.807) is 7.11 Å². The molecule has 0 aromatic carbocycles. The van der Waals surface area contributed by atoms with Crippen LogP contribution in [-0.2, 0) is 6.42 Å². The third-order valence-electron chi connectivity index (χ3n) is 3.42. The molecular formula is C13H21N3O. The first-order chi connectivity index (χ1) is 8.35. The summed E-state index contributed by atoms with van der Waals surface area (Å²) >= 11 is 0. The fraction of sp³-hybridized carbons (Fsp3) is 0.692. The summed E-state index contributed by atoms with van der Waals surface area (Å²) in [5, 5.41) is 0. The van der Waals surface area contributed by atoms with Crippen molar-refractivity contribution in [1.82, 2.24) is 9.97 Å². The topological polar surface area (TPSA) is 61.0 Å². The number of nitrogens with zero attached hydrogens (tertiary/aromatic N) is 2. The maximum Gasteiger partial charge on any atom is 0.219 e. The van der Waals surface area contributed by atoms with Gasteiger partial charge in [0.05, 0.1) is 7.11 Å². The quantitative estimate of drug-likeness (QED) is 0.867. The summed E-state index contributed by atoms with van der Waals surface area (Å²) in [6.07, 6.45) is 9.00. The predicted octanol–water partition coefficient (Wildman–Crippen LogP) is 2.03. The number of nitrogens with two attached hydrogens (primary N) is 1. The minimum Gasteiger partial charge on any atom is -0.481 e. The van der Waals surface area contributed by atoms with Crippen molar-refractivity contribution in [1.29, 1.82) is 0 Å². The largest absolute Gasteiger partial charge is 0.481 e. The van der Waals surface area contributed by atoms with Gasteiger partial charge in [-0.2, -0.15) is 4.98 Å². The Labute approximate surface area is 103 Å². The summed E-state index contributed by atoms with van der Waals surface area (Å²) in [5.74, 6) is 2.16. The van der Waals surface area contributed by atoms with E-state index in [1.807, 2.05) is 6.20 Å². The Balaban J connectivity index is 2.17. The first kappa shape index (κ1) is 12.3. The molecule has 1 aromatic heterocycles. The predicted molar refractivity (Wildman–Crippen MR) is 67.2 cm³/mol. The summed E-state index contributed by atoms with van der Waals surface area (Å²) in [5.41, 5.74) is 6.56. The van der Waals surface area contributed by atoms with E-state index in [-0.39, 0.29) is 0 Å². The Kier molecular flexibility index (Phi) is 4.31. The highest BCUT2D eigenvalue weighted by Gasteiger charge is 2.19. The van der Waals surface area contributed by atoms with Crippen LogP contribution in [-0.4, -0.2) is 23.6 Å². The van der Waals surface area contributed by atoms with E-state index in [2.05, 4.69) is 9.97 Å². The molecule has 1 aliphatic carbocycles. The van der Waals surface area contributed by atoms with Crippen molar-refractivity contribution < 1.29 is 4.74 Å². The number of ether oxygens (including phenoxy) is 1. The lowest BCUT2D eigenvalue weighted by atomic mass is 9.88. The van der Waals surface area contributed by atoms with Crippen molar-refractivity contribution in [3.8, 4) is 5.88 Å². The van der Waals surface area contributed by atoms with Crippen LogP contribution in [0.2, 0.25) is 0 Å². The first-order valence-corrected chi connectivity index (χ1v) is 6.45. The van der Waals surface area contributed by atoms with Gasteiger partial charge in [-0.15, -0.1) is 0 Å². The average molecular weight is 235 g/mol. The molecule has 94 valence electrons. The maximum atomic E-state index is 5.55. The van der Waals surface area contributed by atoms with E-state index in [1.165, 1.54) is 32.1 Å². The molecule has 2 N–H and O–H groups in total. The molecule has 4 heteroatoms. The highest BCUT2D eigenvalue weighted by Crippen LogP contribution is 2.31. The van der Waals surface area contributed by atoms with Crippen molar-refractivity contribution in [3.63, 3.8) is 0 Å². The van der Waals surface area contributed by atoms with Gasteiger partial charge in [0.2, 0.25) is 5.88 Å². The Bertz CT molecular complexity index is 362. The van der Waals surface area contributed by atoms with Gasteiger partial charge in [-0.1, -0.05) is 19.3 Å². The van der Waals surface area contributed by atoms with Gasteiger partial charge >= 0.3 is 0 Å². The molecule has 2 rings (SSSR count). The lowest BCUT2D eigenvalue weighted by molar-refractivity contribution is 0.378. The molecule has 0 bridgehead atoms. The molecular weight excluding hydrogens is 214 g/mol. The Morgan fingerprint density at radius 2 is 2.12 bits per heavy atom. The summed E-state index contributed by atoms with van der Waals surface area (Å²) in [6.45, 7) is 0.600. The van der Waals surface area contributed by atoms with Crippen molar-refractivity contribution in [2.75, 3.05) is 13.7 Å². The van der Waals surface area contributed by atoms with Crippen molar-refractivity contribution in [2.24, 2.45) is 5.73 Å². The number of hydrogen-bond acceptors (Lipinski definition) is 4. The third kappa shape index (κ3) is 2.94. The average Bonchev–Trinajstić information content (AvgIpc) is 2.40. The Hall–Kier alpha value is -1.16. The highest BCUT2D eigenvalue weighted by atomic mass is 16.5. The minimum absolute atomic E-state index is 0.518. The highest BCUT2D eigenvalue weighted by molar-refractivity contribution is 5.25. The molecule has 1 fully saturated rings. The van der Waals surface area contributed by atoms with E-state index in [4.69, 9.17) is 10.5 Å². The fourth-order valence-electron chi connectivity index (χ4n) is 2.47. The van der Waals surface area contributed by atoms with Gasteiger partial charge in [-0.3, -0.25) is 0 Å². The molecule has 0 unspecified atom stereocenters. The Morgan fingerprint density at radius 3 is 2.76 bits per heavy atom. The zero-order valence-electron chi connectivity index (χ0n) is 10.5. The van der Waals surface area contributed by atoms with Crippen LogP contribution in [0.25, 0.3) is 0 Å². The summed E-state index contributed by atoms with van der Waals surface area (Å²) in [7, 11) is 1.66. The van der Waals surface area contributed by atoms with E-state index in [0.29, 0.717) is 18.3 Å². The van der Waals surface area contributed by atoms with Crippen LogP contribution in [0.1, 0.15) is 49.4 Å². The second kappa shape index (κ2) is 5.96. The summed E-state index contributed by atoms with van der Waals surface area (Å²) < 4.78 is 5.32. The zero-order valence-corrected chi connectivity index (χ0v) is 10.5. The second-order valence-electron chi connectivity index (χ2n) is 4.64. The lowest BCUT2D eigenvalue weighted by Crippen LogP contribution is -2.12. The van der Waals surface area contributed by atoms with Gasteiger partial charge < -0.3 is 10.5 Å². The molecule has 0 saturated heterocycles. The van der Waals surface area contributed by atoms with E-state index < -0.39 is 0 Å². The van der Waals surface area contributed by atoms with Gasteiger partial charge in [0.15, 0.2) is 0 Å².